The minimum absolute atomic E-state index is 0.452. The largest absolute Gasteiger partial charge is 0.351 e. The van der Waals surface area contributed by atoms with Crippen molar-refractivity contribution in [2.24, 2.45) is 5.73 Å². The van der Waals surface area contributed by atoms with E-state index in [0.29, 0.717) is 6.54 Å². The smallest absolute Gasteiger partial charge is 0.147 e. The van der Waals surface area contributed by atoms with Crippen LogP contribution in [0.1, 0.15) is 12.1 Å². The second kappa shape index (κ2) is 4.19. The molecule has 0 fully saturated rings. The number of nitrogens with two attached hydrogens (primary N) is 1. The van der Waals surface area contributed by atoms with Crippen molar-refractivity contribution in [1.29, 1.82) is 0 Å². The summed E-state index contributed by atoms with van der Waals surface area (Å²) >= 11 is 0. The molecule has 14 heavy (non-hydrogen) atoms. The number of hydrogen-bond acceptors (Lipinski definition) is 4. The fourth-order valence-electron chi connectivity index (χ4n) is 1.47. The Balaban J connectivity index is 2.12. The van der Waals surface area contributed by atoms with Gasteiger partial charge in [-0.05, 0) is 6.42 Å². The number of aromatic nitrogens is 2. The van der Waals surface area contributed by atoms with Crippen LogP contribution in [0.3, 0.4) is 0 Å². The van der Waals surface area contributed by atoms with Crippen LogP contribution in [-0.2, 0) is 6.54 Å². The number of hydrogen-bond donors (Lipinski definition) is 1. The van der Waals surface area contributed by atoms with E-state index in [4.69, 9.17) is 5.73 Å². The minimum Gasteiger partial charge on any atom is -0.351 e. The first-order valence-corrected chi connectivity index (χ1v) is 4.81. The molecule has 1 aromatic heterocycles. The fourth-order valence-corrected chi connectivity index (χ4v) is 1.47. The van der Waals surface area contributed by atoms with Gasteiger partial charge in [-0.25, -0.2) is 4.98 Å². The second-order valence-corrected chi connectivity index (χ2v) is 3.28. The van der Waals surface area contributed by atoms with Gasteiger partial charge in [-0.2, -0.15) is 0 Å². The maximum atomic E-state index is 5.45. The molecule has 1 aromatic rings. The Hall–Kier alpha value is -1.42. The van der Waals surface area contributed by atoms with Crippen LogP contribution in [0.5, 0.6) is 0 Å². The first kappa shape index (κ1) is 9.15. The van der Waals surface area contributed by atoms with Gasteiger partial charge in [0.1, 0.15) is 5.82 Å². The lowest BCUT2D eigenvalue weighted by atomic mass is 10.2. The molecule has 1 aliphatic rings. The highest BCUT2D eigenvalue weighted by molar-refractivity contribution is 5.37. The molecular formula is C10H14N4. The lowest BCUT2D eigenvalue weighted by Gasteiger charge is -2.23. The molecule has 0 unspecified atom stereocenters. The van der Waals surface area contributed by atoms with Crippen molar-refractivity contribution in [3.63, 3.8) is 0 Å². The van der Waals surface area contributed by atoms with Crippen LogP contribution in [0.25, 0.3) is 0 Å². The van der Waals surface area contributed by atoms with Crippen LogP contribution in [0.15, 0.2) is 24.5 Å². The lowest BCUT2D eigenvalue weighted by molar-refractivity contribution is 0.797. The third-order valence-corrected chi connectivity index (χ3v) is 2.28. The van der Waals surface area contributed by atoms with Crippen LogP contribution in [-0.4, -0.2) is 23.1 Å². The van der Waals surface area contributed by atoms with E-state index in [1.807, 2.05) is 0 Å². The van der Waals surface area contributed by atoms with E-state index < -0.39 is 0 Å². The van der Waals surface area contributed by atoms with Gasteiger partial charge in [0.15, 0.2) is 0 Å². The van der Waals surface area contributed by atoms with E-state index in [1.165, 1.54) is 0 Å². The van der Waals surface area contributed by atoms with E-state index in [9.17, 15) is 0 Å². The van der Waals surface area contributed by atoms with E-state index in [0.717, 1.165) is 31.0 Å². The SMILES string of the molecule is NCc1cnc(N2CC=CCC2)cn1. The highest BCUT2D eigenvalue weighted by Crippen LogP contribution is 2.12. The minimum atomic E-state index is 0.452. The summed E-state index contributed by atoms with van der Waals surface area (Å²) in [6, 6.07) is 0. The molecular weight excluding hydrogens is 176 g/mol. The van der Waals surface area contributed by atoms with E-state index in [1.54, 1.807) is 12.4 Å². The molecule has 4 heteroatoms. The maximum Gasteiger partial charge on any atom is 0.147 e. The van der Waals surface area contributed by atoms with Crippen molar-refractivity contribution >= 4 is 5.82 Å². The summed E-state index contributed by atoms with van der Waals surface area (Å²) in [4.78, 5) is 10.7. The Morgan fingerprint density at radius 2 is 2.21 bits per heavy atom. The molecule has 0 amide bonds. The molecule has 2 heterocycles. The zero-order valence-electron chi connectivity index (χ0n) is 8.06. The Kier molecular flexibility index (Phi) is 2.74. The Morgan fingerprint density at radius 3 is 2.79 bits per heavy atom. The monoisotopic (exact) mass is 190 g/mol. The summed E-state index contributed by atoms with van der Waals surface area (Å²) in [5.41, 5.74) is 6.29. The van der Waals surface area contributed by atoms with E-state index in [-0.39, 0.29) is 0 Å². The van der Waals surface area contributed by atoms with Crippen LogP contribution >= 0.6 is 0 Å². The predicted molar refractivity (Wildman–Crippen MR) is 55.9 cm³/mol. The Morgan fingerprint density at radius 1 is 1.29 bits per heavy atom. The summed E-state index contributed by atoms with van der Waals surface area (Å²) in [5.74, 6) is 0.937. The van der Waals surface area contributed by atoms with Crippen LogP contribution in [0.4, 0.5) is 5.82 Å². The molecule has 4 nitrogen and oxygen atoms in total. The molecule has 0 bridgehead atoms. The average Bonchev–Trinajstić information content (AvgIpc) is 2.30. The van der Waals surface area contributed by atoms with Crippen molar-refractivity contribution in [3.05, 3.63) is 30.2 Å². The summed E-state index contributed by atoms with van der Waals surface area (Å²) in [6.07, 6.45) is 8.97. The summed E-state index contributed by atoms with van der Waals surface area (Å²) < 4.78 is 0. The van der Waals surface area contributed by atoms with Crippen LogP contribution in [0, 0.1) is 0 Å². The standard InChI is InChI=1S/C10H14N4/c11-6-9-7-13-10(8-12-9)14-4-2-1-3-5-14/h1-2,7-8H,3-6,11H2. The Bertz CT molecular complexity index is 317. The third kappa shape index (κ3) is 1.90. The van der Waals surface area contributed by atoms with E-state index >= 15 is 0 Å². The molecule has 0 saturated heterocycles. The van der Waals surface area contributed by atoms with Crippen molar-refractivity contribution in [2.75, 3.05) is 18.0 Å². The van der Waals surface area contributed by atoms with Gasteiger partial charge in [0, 0.05) is 19.6 Å². The molecule has 0 saturated carbocycles. The molecule has 74 valence electrons. The Labute approximate surface area is 83.5 Å². The van der Waals surface area contributed by atoms with E-state index in [2.05, 4.69) is 27.0 Å². The quantitative estimate of drug-likeness (QED) is 0.697. The van der Waals surface area contributed by atoms with Gasteiger partial charge >= 0.3 is 0 Å². The lowest BCUT2D eigenvalue weighted by Crippen LogP contribution is -2.27. The molecule has 0 atom stereocenters. The molecule has 0 spiro atoms. The molecule has 2 rings (SSSR count). The topological polar surface area (TPSA) is 55.0 Å². The van der Waals surface area contributed by atoms with Gasteiger partial charge in [0.25, 0.3) is 0 Å². The first-order valence-electron chi connectivity index (χ1n) is 4.81. The number of nitrogens with zero attached hydrogens (tertiary/aromatic N) is 3. The zero-order valence-corrected chi connectivity index (χ0v) is 8.06. The predicted octanol–water partition coefficient (Wildman–Crippen LogP) is 0.702. The second-order valence-electron chi connectivity index (χ2n) is 3.28. The molecule has 2 N–H and O–H groups in total. The van der Waals surface area contributed by atoms with Crippen molar-refractivity contribution in [1.82, 2.24) is 9.97 Å². The average molecular weight is 190 g/mol. The van der Waals surface area contributed by atoms with Crippen molar-refractivity contribution < 1.29 is 0 Å². The highest BCUT2D eigenvalue weighted by Gasteiger charge is 2.08. The van der Waals surface area contributed by atoms with Crippen LogP contribution < -0.4 is 10.6 Å². The molecule has 1 aliphatic heterocycles. The summed E-state index contributed by atoms with van der Waals surface area (Å²) in [6.45, 7) is 2.40. The summed E-state index contributed by atoms with van der Waals surface area (Å²) in [7, 11) is 0. The van der Waals surface area contributed by atoms with Crippen LogP contribution in [0.2, 0.25) is 0 Å². The third-order valence-electron chi connectivity index (χ3n) is 2.28. The highest BCUT2D eigenvalue weighted by atomic mass is 15.2. The molecule has 0 aliphatic carbocycles. The summed E-state index contributed by atoms with van der Waals surface area (Å²) in [5, 5.41) is 0. The van der Waals surface area contributed by atoms with Gasteiger partial charge in [-0.3, -0.25) is 4.98 Å². The fraction of sp³-hybridized carbons (Fsp3) is 0.400. The van der Waals surface area contributed by atoms with Gasteiger partial charge in [0.2, 0.25) is 0 Å². The molecule has 0 aromatic carbocycles. The van der Waals surface area contributed by atoms with Crippen molar-refractivity contribution in [2.45, 2.75) is 13.0 Å². The normalized spacial score (nSPS) is 15.9. The molecule has 0 radical (unpaired) electrons. The van der Waals surface area contributed by atoms with Gasteiger partial charge in [-0.15, -0.1) is 0 Å². The van der Waals surface area contributed by atoms with Crippen molar-refractivity contribution in [3.8, 4) is 0 Å². The number of anilines is 1. The van der Waals surface area contributed by atoms with Gasteiger partial charge in [-0.1, -0.05) is 12.2 Å². The maximum absolute atomic E-state index is 5.45. The zero-order chi connectivity index (χ0) is 9.80. The van der Waals surface area contributed by atoms with Gasteiger partial charge < -0.3 is 10.6 Å². The number of rotatable bonds is 2. The van der Waals surface area contributed by atoms with Gasteiger partial charge in [0.05, 0.1) is 18.1 Å². The first-order chi connectivity index (χ1) is 6.90.